The number of anilines is 2. The predicted octanol–water partition coefficient (Wildman–Crippen LogP) is 2.78. The van der Waals surface area contributed by atoms with E-state index in [-0.39, 0.29) is 5.91 Å². The molecule has 1 amide bonds. The van der Waals surface area contributed by atoms with E-state index in [0.717, 1.165) is 32.0 Å². The van der Waals surface area contributed by atoms with Gasteiger partial charge in [0.15, 0.2) is 0 Å². The number of carbonyl (C=O) groups excluding carboxylic acids is 1. The Kier molecular flexibility index (Phi) is 4.78. The maximum atomic E-state index is 12.4. The molecule has 2 aromatic rings. The van der Waals surface area contributed by atoms with Gasteiger partial charge in [0.25, 0.3) is 5.91 Å². The fraction of sp³-hybridized carbons (Fsp3) is 0.278. The minimum atomic E-state index is -0.150. The molecule has 1 aliphatic rings. The summed E-state index contributed by atoms with van der Waals surface area (Å²) in [4.78, 5) is 14.6. The summed E-state index contributed by atoms with van der Waals surface area (Å²) in [5, 5.41) is 2.88. The van der Waals surface area contributed by atoms with Crippen LogP contribution in [-0.4, -0.2) is 39.3 Å². The Balaban J connectivity index is 1.70. The van der Waals surface area contributed by atoms with Gasteiger partial charge in [-0.15, -0.1) is 0 Å². The fourth-order valence-corrected chi connectivity index (χ4v) is 2.59. The summed E-state index contributed by atoms with van der Waals surface area (Å²) in [6.07, 6.45) is 0. The topological polar surface area (TPSA) is 50.8 Å². The quantitative estimate of drug-likeness (QED) is 0.943. The van der Waals surface area contributed by atoms with Crippen molar-refractivity contribution in [2.75, 3.05) is 43.6 Å². The van der Waals surface area contributed by atoms with Gasteiger partial charge in [-0.25, -0.2) is 0 Å². The van der Waals surface area contributed by atoms with Crippen molar-refractivity contribution in [3.8, 4) is 5.75 Å². The van der Waals surface area contributed by atoms with E-state index in [9.17, 15) is 4.79 Å². The van der Waals surface area contributed by atoms with Crippen LogP contribution in [0.15, 0.2) is 48.5 Å². The number of nitrogens with one attached hydrogen (secondary N) is 1. The fourth-order valence-electron chi connectivity index (χ4n) is 2.59. The second-order valence-corrected chi connectivity index (χ2v) is 5.30. The molecular weight excluding hydrogens is 292 g/mol. The molecule has 0 aliphatic carbocycles. The highest BCUT2D eigenvalue weighted by molar-refractivity contribution is 6.05. The molecule has 1 saturated heterocycles. The first-order valence-corrected chi connectivity index (χ1v) is 7.65. The standard InChI is InChI=1S/C18H20N2O3/c1-22-17-5-3-2-4-16(17)19-18(21)14-6-8-15(9-7-14)20-10-12-23-13-11-20/h2-9H,10-13H2,1H3,(H,19,21). The number of hydrogen-bond donors (Lipinski definition) is 1. The van der Waals surface area contributed by atoms with E-state index in [1.54, 1.807) is 7.11 Å². The number of hydrogen-bond acceptors (Lipinski definition) is 4. The van der Waals surface area contributed by atoms with Crippen LogP contribution in [0.4, 0.5) is 11.4 Å². The molecule has 1 heterocycles. The lowest BCUT2D eigenvalue weighted by Crippen LogP contribution is -2.36. The maximum Gasteiger partial charge on any atom is 0.255 e. The Morgan fingerprint density at radius 3 is 2.48 bits per heavy atom. The minimum absolute atomic E-state index is 0.150. The van der Waals surface area contributed by atoms with Crippen molar-refractivity contribution in [2.45, 2.75) is 0 Å². The van der Waals surface area contributed by atoms with Gasteiger partial charge in [0.2, 0.25) is 0 Å². The van der Waals surface area contributed by atoms with E-state index < -0.39 is 0 Å². The van der Waals surface area contributed by atoms with E-state index in [1.807, 2.05) is 48.5 Å². The molecule has 0 atom stereocenters. The van der Waals surface area contributed by atoms with Crippen molar-refractivity contribution >= 4 is 17.3 Å². The second kappa shape index (κ2) is 7.15. The third-order valence-corrected chi connectivity index (χ3v) is 3.86. The van der Waals surface area contributed by atoms with Crippen molar-refractivity contribution in [3.63, 3.8) is 0 Å². The molecule has 0 aromatic heterocycles. The highest BCUT2D eigenvalue weighted by atomic mass is 16.5. The highest BCUT2D eigenvalue weighted by Crippen LogP contribution is 2.24. The number of morpholine rings is 1. The summed E-state index contributed by atoms with van der Waals surface area (Å²) >= 11 is 0. The molecule has 5 heteroatoms. The zero-order chi connectivity index (χ0) is 16.1. The van der Waals surface area contributed by atoms with Crippen LogP contribution in [0.3, 0.4) is 0 Å². The maximum absolute atomic E-state index is 12.4. The molecule has 2 aromatic carbocycles. The van der Waals surface area contributed by atoms with Crippen LogP contribution >= 0.6 is 0 Å². The zero-order valence-corrected chi connectivity index (χ0v) is 13.1. The second-order valence-electron chi connectivity index (χ2n) is 5.30. The van der Waals surface area contributed by atoms with Crippen LogP contribution in [0.5, 0.6) is 5.75 Å². The first-order valence-electron chi connectivity index (χ1n) is 7.65. The molecule has 3 rings (SSSR count). The summed E-state index contributed by atoms with van der Waals surface area (Å²) in [6.45, 7) is 3.26. The van der Waals surface area contributed by atoms with Gasteiger partial charge in [-0.2, -0.15) is 0 Å². The zero-order valence-electron chi connectivity index (χ0n) is 13.1. The number of methoxy groups -OCH3 is 1. The summed E-state index contributed by atoms with van der Waals surface area (Å²) in [5.74, 6) is 0.494. The van der Waals surface area contributed by atoms with Gasteiger partial charge >= 0.3 is 0 Å². The van der Waals surface area contributed by atoms with Crippen LogP contribution in [0, 0.1) is 0 Å². The Hall–Kier alpha value is -2.53. The first-order chi connectivity index (χ1) is 11.3. The van der Waals surface area contributed by atoms with Crippen molar-refractivity contribution in [1.82, 2.24) is 0 Å². The van der Waals surface area contributed by atoms with Gasteiger partial charge in [0.1, 0.15) is 5.75 Å². The number of nitrogens with zero attached hydrogens (tertiary/aromatic N) is 1. The Morgan fingerprint density at radius 2 is 1.78 bits per heavy atom. The predicted molar refractivity (Wildman–Crippen MR) is 90.4 cm³/mol. The lowest BCUT2D eigenvalue weighted by molar-refractivity contribution is 0.102. The van der Waals surface area contributed by atoms with E-state index in [2.05, 4.69) is 10.2 Å². The normalized spacial score (nSPS) is 14.4. The minimum Gasteiger partial charge on any atom is -0.495 e. The van der Waals surface area contributed by atoms with Gasteiger partial charge in [-0.3, -0.25) is 4.79 Å². The molecule has 0 radical (unpaired) electrons. The SMILES string of the molecule is COc1ccccc1NC(=O)c1ccc(N2CCOCC2)cc1. The molecule has 1 aliphatic heterocycles. The number of carbonyl (C=O) groups is 1. The highest BCUT2D eigenvalue weighted by Gasteiger charge is 2.13. The number of amides is 1. The van der Waals surface area contributed by atoms with E-state index in [1.165, 1.54) is 0 Å². The van der Waals surface area contributed by atoms with Crippen molar-refractivity contribution in [3.05, 3.63) is 54.1 Å². The first kappa shape index (κ1) is 15.4. The van der Waals surface area contributed by atoms with E-state index >= 15 is 0 Å². The van der Waals surface area contributed by atoms with Gasteiger partial charge in [0, 0.05) is 24.3 Å². The molecule has 120 valence electrons. The van der Waals surface area contributed by atoms with Gasteiger partial charge < -0.3 is 19.7 Å². The van der Waals surface area contributed by atoms with Crippen LogP contribution < -0.4 is 15.0 Å². The molecule has 23 heavy (non-hydrogen) atoms. The molecule has 1 N–H and O–H groups in total. The van der Waals surface area contributed by atoms with Crippen molar-refractivity contribution in [2.24, 2.45) is 0 Å². The molecular formula is C18H20N2O3. The molecule has 5 nitrogen and oxygen atoms in total. The van der Waals surface area contributed by atoms with E-state index in [0.29, 0.717) is 17.0 Å². The summed E-state index contributed by atoms with van der Waals surface area (Å²) in [6, 6.07) is 15.0. The third kappa shape index (κ3) is 3.63. The van der Waals surface area contributed by atoms with Gasteiger partial charge in [-0.05, 0) is 36.4 Å². The van der Waals surface area contributed by atoms with Crippen LogP contribution in [0.1, 0.15) is 10.4 Å². The lowest BCUT2D eigenvalue weighted by Gasteiger charge is -2.28. The Morgan fingerprint density at radius 1 is 1.09 bits per heavy atom. The number of para-hydroxylation sites is 2. The van der Waals surface area contributed by atoms with Crippen molar-refractivity contribution < 1.29 is 14.3 Å². The Bertz CT molecular complexity index is 664. The number of benzene rings is 2. The molecule has 0 saturated carbocycles. The van der Waals surface area contributed by atoms with Gasteiger partial charge in [0.05, 0.1) is 26.0 Å². The average Bonchev–Trinajstić information content (AvgIpc) is 2.63. The Labute approximate surface area is 135 Å². The van der Waals surface area contributed by atoms with Crippen molar-refractivity contribution in [1.29, 1.82) is 0 Å². The van der Waals surface area contributed by atoms with Crippen LogP contribution in [0.2, 0.25) is 0 Å². The molecule has 0 bridgehead atoms. The average molecular weight is 312 g/mol. The lowest BCUT2D eigenvalue weighted by atomic mass is 10.1. The monoisotopic (exact) mass is 312 g/mol. The largest absolute Gasteiger partial charge is 0.495 e. The summed E-state index contributed by atoms with van der Waals surface area (Å²) < 4.78 is 10.6. The molecule has 0 unspecified atom stereocenters. The molecule has 0 spiro atoms. The van der Waals surface area contributed by atoms with E-state index in [4.69, 9.17) is 9.47 Å². The third-order valence-electron chi connectivity index (χ3n) is 3.86. The van der Waals surface area contributed by atoms with Gasteiger partial charge in [-0.1, -0.05) is 12.1 Å². The van der Waals surface area contributed by atoms with Crippen LogP contribution in [-0.2, 0) is 4.74 Å². The smallest absolute Gasteiger partial charge is 0.255 e. The summed E-state index contributed by atoms with van der Waals surface area (Å²) in [7, 11) is 1.59. The summed E-state index contributed by atoms with van der Waals surface area (Å²) in [5.41, 5.74) is 2.40. The molecule has 1 fully saturated rings. The number of ether oxygens (including phenoxy) is 2. The van der Waals surface area contributed by atoms with Crippen LogP contribution in [0.25, 0.3) is 0 Å². The number of rotatable bonds is 4.